The van der Waals surface area contributed by atoms with Gasteiger partial charge in [-0.15, -0.1) is 6.58 Å². The number of hydrogen-bond donors (Lipinski definition) is 0. The van der Waals surface area contributed by atoms with Gasteiger partial charge in [-0.25, -0.2) is 17.6 Å². The van der Waals surface area contributed by atoms with E-state index in [0.717, 1.165) is 75.9 Å². The maximum absolute atomic E-state index is 13.9. The van der Waals surface area contributed by atoms with Gasteiger partial charge in [0.25, 0.3) is 0 Å². The van der Waals surface area contributed by atoms with E-state index in [4.69, 9.17) is 9.97 Å². The van der Waals surface area contributed by atoms with Crippen molar-refractivity contribution in [1.29, 1.82) is 0 Å². The fourth-order valence-electron chi connectivity index (χ4n) is 7.17. The Morgan fingerprint density at radius 2 is 0.610 bits per heavy atom. The molecular formula is C51H36F4N2P2. The molecule has 0 bridgehead atoms. The molecule has 59 heavy (non-hydrogen) atoms. The van der Waals surface area contributed by atoms with Crippen LogP contribution in [0.1, 0.15) is 6.92 Å². The zero-order valence-electron chi connectivity index (χ0n) is 31.9. The predicted octanol–water partition coefficient (Wildman–Crippen LogP) is 11.4. The van der Waals surface area contributed by atoms with Crippen LogP contribution in [0.25, 0.3) is 44.1 Å². The van der Waals surface area contributed by atoms with Crippen LogP contribution in [0, 0.1) is 23.3 Å². The summed E-state index contributed by atoms with van der Waals surface area (Å²) < 4.78 is 55.5. The zero-order chi connectivity index (χ0) is 40.9. The molecule has 0 saturated carbocycles. The second-order valence-corrected chi connectivity index (χ2v) is 18.1. The molecule has 0 radical (unpaired) electrons. The number of halogens is 4. The minimum Gasteiger partial charge on any atom is -0.254 e. The Kier molecular flexibility index (Phi) is 11.8. The average Bonchev–Trinajstić information content (AvgIpc) is 3.27. The van der Waals surface area contributed by atoms with Crippen LogP contribution in [0.3, 0.4) is 0 Å². The smallest absolute Gasteiger partial charge is 0.123 e. The van der Waals surface area contributed by atoms with E-state index in [1.54, 1.807) is 54.6 Å². The molecule has 0 N–H and O–H groups in total. The highest BCUT2D eigenvalue weighted by atomic mass is 31.1. The molecule has 7 aromatic carbocycles. The number of rotatable bonds is 8. The first-order chi connectivity index (χ1) is 28.8. The standard InChI is InChI=1S/C48H30F4N2P2.C3H6/c49-33-5-17-39(18-6-33)55(40-19-7-34(50)8-20-40)37-13-1-31(2-14-37)43-27-29-53-47-45(43)25-26-46-44(28-30-54-48(46)47)32-3-15-38(16-4-32)56(41-21-9-35(51)10-22-41)42-23-11-36(52)12-24-42;1-3-2/h1-30H;3H,1H2,2H3. The van der Waals surface area contributed by atoms with Crippen molar-refractivity contribution in [1.82, 2.24) is 9.97 Å². The fraction of sp³-hybridized carbons (Fsp3) is 0.0196. The van der Waals surface area contributed by atoms with Gasteiger partial charge in [0, 0.05) is 23.2 Å². The van der Waals surface area contributed by atoms with Crippen LogP contribution in [0.4, 0.5) is 17.6 Å². The molecule has 2 nitrogen and oxygen atoms in total. The highest BCUT2D eigenvalue weighted by Gasteiger charge is 2.20. The highest BCUT2D eigenvalue weighted by molar-refractivity contribution is 7.80. The van der Waals surface area contributed by atoms with E-state index < -0.39 is 15.8 Å². The van der Waals surface area contributed by atoms with Crippen LogP contribution in [0.2, 0.25) is 0 Å². The minimum atomic E-state index is -1.05. The first-order valence-corrected chi connectivity index (χ1v) is 21.6. The molecule has 0 fully saturated rings. The Morgan fingerprint density at radius 3 is 0.864 bits per heavy atom. The largest absolute Gasteiger partial charge is 0.254 e. The molecule has 0 unspecified atom stereocenters. The first-order valence-electron chi connectivity index (χ1n) is 18.9. The third-order valence-electron chi connectivity index (χ3n) is 9.83. The molecule has 0 atom stereocenters. The number of allylic oxidation sites excluding steroid dienone is 1. The van der Waals surface area contributed by atoms with E-state index in [1.807, 2.05) is 31.5 Å². The minimum absolute atomic E-state index is 0.300. The van der Waals surface area contributed by atoms with Crippen molar-refractivity contribution in [2.24, 2.45) is 0 Å². The lowest BCUT2D eigenvalue weighted by molar-refractivity contribution is 0.628. The molecule has 0 aliphatic rings. The highest BCUT2D eigenvalue weighted by Crippen LogP contribution is 2.38. The summed E-state index contributed by atoms with van der Waals surface area (Å²) in [5.41, 5.74) is 5.64. The van der Waals surface area contributed by atoms with Gasteiger partial charge in [-0.05, 0) is 138 Å². The Morgan fingerprint density at radius 1 is 0.373 bits per heavy atom. The van der Waals surface area contributed by atoms with Gasteiger partial charge in [-0.3, -0.25) is 9.97 Å². The summed E-state index contributed by atoms with van der Waals surface area (Å²) in [5.74, 6) is -1.20. The van der Waals surface area contributed by atoms with Gasteiger partial charge in [-0.1, -0.05) is 115 Å². The van der Waals surface area contributed by atoms with E-state index in [0.29, 0.717) is 0 Å². The molecule has 0 spiro atoms. The van der Waals surface area contributed by atoms with E-state index in [-0.39, 0.29) is 23.3 Å². The van der Waals surface area contributed by atoms with Crippen LogP contribution in [0.15, 0.2) is 195 Å². The maximum atomic E-state index is 13.9. The summed E-state index contributed by atoms with van der Waals surface area (Å²) >= 11 is 0. The van der Waals surface area contributed by atoms with Gasteiger partial charge in [0.05, 0.1) is 11.0 Å². The second-order valence-electron chi connectivity index (χ2n) is 13.7. The van der Waals surface area contributed by atoms with E-state index in [9.17, 15) is 17.6 Å². The van der Waals surface area contributed by atoms with Gasteiger partial charge in [-0.2, -0.15) is 0 Å². The summed E-state index contributed by atoms with van der Waals surface area (Å²) in [6, 6.07) is 51.1. The Balaban J connectivity index is 0.00000157. The third kappa shape index (κ3) is 8.47. The molecule has 0 saturated heterocycles. The summed E-state index contributed by atoms with van der Waals surface area (Å²) in [5, 5.41) is 7.95. The number of nitrogens with zero attached hydrogens (tertiary/aromatic N) is 2. The predicted molar refractivity (Wildman–Crippen MR) is 241 cm³/mol. The lowest BCUT2D eigenvalue weighted by Crippen LogP contribution is -2.20. The van der Waals surface area contributed by atoms with Gasteiger partial charge in [0.2, 0.25) is 0 Å². The zero-order valence-corrected chi connectivity index (χ0v) is 33.7. The number of benzene rings is 7. The van der Waals surface area contributed by atoms with E-state index in [2.05, 4.69) is 67.2 Å². The lowest BCUT2D eigenvalue weighted by atomic mass is 9.96. The summed E-state index contributed by atoms with van der Waals surface area (Å²) in [4.78, 5) is 9.63. The SMILES string of the molecule is C=CC.Fc1ccc(P(c2ccc(F)cc2)c2ccc(-c3ccnc4c3ccc3c(-c5ccc(P(c6ccc(F)cc6)c6ccc(F)cc6)cc5)ccnc34)cc2)cc1. The molecule has 2 heterocycles. The van der Waals surface area contributed by atoms with Crippen LogP contribution in [-0.4, -0.2) is 9.97 Å². The van der Waals surface area contributed by atoms with Crippen molar-refractivity contribution in [3.63, 3.8) is 0 Å². The second kappa shape index (κ2) is 17.7. The third-order valence-corrected chi connectivity index (χ3v) is 14.7. The van der Waals surface area contributed by atoms with Crippen LogP contribution >= 0.6 is 15.8 Å². The first kappa shape index (κ1) is 39.5. The van der Waals surface area contributed by atoms with Crippen molar-refractivity contribution in [2.45, 2.75) is 6.92 Å². The lowest BCUT2D eigenvalue weighted by Gasteiger charge is -2.20. The molecule has 9 aromatic rings. The monoisotopic (exact) mass is 814 g/mol. The summed E-state index contributed by atoms with van der Waals surface area (Å²) in [6.45, 7) is 5.25. The Bertz CT molecular complexity index is 2580. The van der Waals surface area contributed by atoms with Crippen molar-refractivity contribution in [3.05, 3.63) is 218 Å². The van der Waals surface area contributed by atoms with Gasteiger partial charge in [0.15, 0.2) is 0 Å². The van der Waals surface area contributed by atoms with E-state index >= 15 is 0 Å². The molecule has 0 aliphatic carbocycles. The molecule has 0 aliphatic heterocycles. The fourth-order valence-corrected chi connectivity index (χ4v) is 11.6. The Labute approximate surface area is 343 Å². The number of aromatic nitrogens is 2. The Hall–Kier alpha value is -6.32. The van der Waals surface area contributed by atoms with Gasteiger partial charge in [0.1, 0.15) is 23.3 Å². The molecule has 0 amide bonds. The van der Waals surface area contributed by atoms with Crippen LogP contribution in [0.5, 0.6) is 0 Å². The number of hydrogen-bond acceptors (Lipinski definition) is 2. The average molecular weight is 815 g/mol. The number of fused-ring (bicyclic) bond motifs is 3. The van der Waals surface area contributed by atoms with Crippen molar-refractivity contribution >= 4 is 69.5 Å². The van der Waals surface area contributed by atoms with Crippen molar-refractivity contribution in [2.75, 3.05) is 0 Å². The van der Waals surface area contributed by atoms with Crippen molar-refractivity contribution < 1.29 is 17.6 Å². The molecule has 288 valence electrons. The molecular weight excluding hydrogens is 779 g/mol. The van der Waals surface area contributed by atoms with E-state index in [1.165, 1.54) is 48.5 Å². The van der Waals surface area contributed by atoms with Gasteiger partial charge >= 0.3 is 0 Å². The molecule has 8 heteroatoms. The van der Waals surface area contributed by atoms with Gasteiger partial charge < -0.3 is 0 Å². The summed E-state index contributed by atoms with van der Waals surface area (Å²) in [6.07, 6.45) is 5.37. The van der Waals surface area contributed by atoms with Crippen LogP contribution in [-0.2, 0) is 0 Å². The normalized spacial score (nSPS) is 11.2. The molecule has 9 rings (SSSR count). The van der Waals surface area contributed by atoms with Crippen LogP contribution < -0.4 is 31.8 Å². The number of pyridine rings is 2. The van der Waals surface area contributed by atoms with Crippen molar-refractivity contribution in [3.8, 4) is 22.3 Å². The summed E-state index contributed by atoms with van der Waals surface area (Å²) in [7, 11) is -2.10. The molecule has 2 aromatic heterocycles. The quantitative estimate of drug-likeness (QED) is 0.0661. The maximum Gasteiger partial charge on any atom is 0.123 e. The topological polar surface area (TPSA) is 25.8 Å².